The van der Waals surface area contributed by atoms with Crippen LogP contribution in [-0.4, -0.2) is 37.1 Å². The molecule has 6 N–H and O–H groups in total. The van der Waals surface area contributed by atoms with E-state index < -0.39 is 11.8 Å². The van der Waals surface area contributed by atoms with Crippen LogP contribution in [0.25, 0.3) is 0 Å². The summed E-state index contributed by atoms with van der Waals surface area (Å²) < 4.78 is 0. The van der Waals surface area contributed by atoms with Gasteiger partial charge in [0, 0.05) is 11.1 Å². The van der Waals surface area contributed by atoms with E-state index in [1.165, 1.54) is 0 Å². The number of hydroxylamine groups is 2. The quantitative estimate of drug-likeness (QED) is 0.455. The summed E-state index contributed by atoms with van der Waals surface area (Å²) in [4.78, 5) is 32.9. The Hall–Kier alpha value is -1.74. The van der Waals surface area contributed by atoms with Crippen molar-refractivity contribution in [3.8, 4) is 0 Å². The minimum absolute atomic E-state index is 0.187. The topological polar surface area (TPSA) is 129 Å². The predicted molar refractivity (Wildman–Crippen MR) is 78.8 cm³/mol. The van der Waals surface area contributed by atoms with Gasteiger partial charge in [-0.25, -0.2) is 0 Å². The van der Waals surface area contributed by atoms with Crippen LogP contribution in [0.3, 0.4) is 0 Å². The van der Waals surface area contributed by atoms with E-state index in [4.69, 9.17) is 21.1 Å². The molecule has 0 fully saturated rings. The van der Waals surface area contributed by atoms with Crippen LogP contribution < -0.4 is 22.4 Å². The number of unbranched alkanes of at least 4 members (excludes halogenated alkanes) is 1. The summed E-state index contributed by atoms with van der Waals surface area (Å²) in [6.45, 7) is 0.676. The van der Waals surface area contributed by atoms with Crippen LogP contribution >= 0.6 is 0 Å². The molecule has 2 heterocycles. The van der Waals surface area contributed by atoms with Gasteiger partial charge in [0.2, 0.25) is 11.8 Å². The Bertz CT molecular complexity index is 445. The second-order valence-corrected chi connectivity index (χ2v) is 5.29. The SMILES string of the molecule is NC(=O)C1=CCONC1CCCCC1NOCC=C1C(N)=O. The summed E-state index contributed by atoms with van der Waals surface area (Å²) in [5.41, 5.74) is 17.4. The first-order valence-electron chi connectivity index (χ1n) is 7.34. The van der Waals surface area contributed by atoms with Crippen LogP contribution in [0.4, 0.5) is 0 Å². The highest BCUT2D eigenvalue weighted by molar-refractivity contribution is 5.93. The highest BCUT2D eigenvalue weighted by atomic mass is 16.6. The zero-order chi connectivity index (χ0) is 15.9. The Morgan fingerprint density at radius 3 is 1.73 bits per heavy atom. The molecular weight excluding hydrogens is 288 g/mol. The van der Waals surface area contributed by atoms with Gasteiger partial charge in [0.05, 0.1) is 25.3 Å². The maximum absolute atomic E-state index is 11.3. The van der Waals surface area contributed by atoms with Crippen molar-refractivity contribution in [2.24, 2.45) is 11.5 Å². The van der Waals surface area contributed by atoms with Crippen LogP contribution in [0, 0.1) is 0 Å². The number of hydrogen-bond donors (Lipinski definition) is 4. The molecule has 2 aliphatic rings. The van der Waals surface area contributed by atoms with Gasteiger partial charge in [-0.15, -0.1) is 0 Å². The van der Waals surface area contributed by atoms with Gasteiger partial charge in [-0.1, -0.05) is 12.8 Å². The fraction of sp³-hybridized carbons (Fsp3) is 0.571. The molecule has 2 amide bonds. The molecular formula is C14H22N4O4. The molecule has 0 aromatic carbocycles. The number of hydrogen-bond acceptors (Lipinski definition) is 6. The second kappa shape index (κ2) is 8.04. The molecule has 2 aliphatic heterocycles. The molecule has 22 heavy (non-hydrogen) atoms. The van der Waals surface area contributed by atoms with Crippen molar-refractivity contribution in [1.29, 1.82) is 0 Å². The number of carbonyl (C=O) groups is 2. The van der Waals surface area contributed by atoms with E-state index in [1.54, 1.807) is 12.2 Å². The number of rotatable bonds is 7. The van der Waals surface area contributed by atoms with E-state index in [1.807, 2.05) is 0 Å². The van der Waals surface area contributed by atoms with Gasteiger partial charge >= 0.3 is 0 Å². The molecule has 2 rings (SSSR count). The molecule has 0 aliphatic carbocycles. The van der Waals surface area contributed by atoms with Crippen LogP contribution in [-0.2, 0) is 19.3 Å². The number of amides is 2. The van der Waals surface area contributed by atoms with Gasteiger partial charge in [-0.05, 0) is 25.0 Å². The zero-order valence-corrected chi connectivity index (χ0v) is 12.3. The highest BCUT2D eigenvalue weighted by Gasteiger charge is 2.24. The van der Waals surface area contributed by atoms with E-state index >= 15 is 0 Å². The Morgan fingerprint density at radius 2 is 1.36 bits per heavy atom. The van der Waals surface area contributed by atoms with Crippen LogP contribution in [0.2, 0.25) is 0 Å². The fourth-order valence-corrected chi connectivity index (χ4v) is 2.64. The molecule has 0 aromatic heterocycles. The van der Waals surface area contributed by atoms with Crippen molar-refractivity contribution in [3.05, 3.63) is 23.3 Å². The molecule has 0 saturated carbocycles. The third-order valence-corrected chi connectivity index (χ3v) is 3.78. The summed E-state index contributed by atoms with van der Waals surface area (Å²) >= 11 is 0. The van der Waals surface area contributed by atoms with Crippen LogP contribution in [0.15, 0.2) is 23.3 Å². The van der Waals surface area contributed by atoms with Gasteiger partial charge < -0.3 is 11.5 Å². The fourth-order valence-electron chi connectivity index (χ4n) is 2.64. The molecule has 0 radical (unpaired) electrons. The van der Waals surface area contributed by atoms with Gasteiger partial charge in [0.15, 0.2) is 0 Å². The maximum Gasteiger partial charge on any atom is 0.246 e. The third-order valence-electron chi connectivity index (χ3n) is 3.78. The lowest BCUT2D eigenvalue weighted by atomic mass is 9.96. The average molecular weight is 310 g/mol. The molecule has 2 atom stereocenters. The summed E-state index contributed by atoms with van der Waals surface area (Å²) in [6, 6.07) is -0.374. The van der Waals surface area contributed by atoms with Crippen molar-refractivity contribution in [3.63, 3.8) is 0 Å². The summed E-state index contributed by atoms with van der Waals surface area (Å²) in [5, 5.41) is 0. The van der Waals surface area contributed by atoms with Crippen molar-refractivity contribution >= 4 is 11.8 Å². The largest absolute Gasteiger partial charge is 0.366 e. The van der Waals surface area contributed by atoms with E-state index in [0.717, 1.165) is 25.7 Å². The molecule has 122 valence electrons. The van der Waals surface area contributed by atoms with Crippen molar-refractivity contribution in [2.75, 3.05) is 13.2 Å². The minimum atomic E-state index is -0.429. The Labute approximate surface area is 128 Å². The molecule has 0 spiro atoms. The van der Waals surface area contributed by atoms with Gasteiger partial charge in [-0.3, -0.25) is 19.3 Å². The molecule has 0 saturated heterocycles. The van der Waals surface area contributed by atoms with Crippen molar-refractivity contribution < 1.29 is 19.3 Å². The van der Waals surface area contributed by atoms with Crippen LogP contribution in [0.1, 0.15) is 25.7 Å². The molecule has 8 heteroatoms. The zero-order valence-electron chi connectivity index (χ0n) is 12.3. The number of nitrogens with one attached hydrogen (secondary N) is 2. The number of primary amides is 2. The third kappa shape index (κ3) is 4.38. The van der Waals surface area contributed by atoms with E-state index in [0.29, 0.717) is 24.4 Å². The van der Waals surface area contributed by atoms with Crippen LogP contribution in [0.5, 0.6) is 0 Å². The van der Waals surface area contributed by atoms with Crippen molar-refractivity contribution in [2.45, 2.75) is 37.8 Å². The second-order valence-electron chi connectivity index (χ2n) is 5.29. The Balaban J connectivity index is 1.77. The van der Waals surface area contributed by atoms with E-state index in [2.05, 4.69) is 11.0 Å². The Kier molecular flexibility index (Phi) is 6.08. The minimum Gasteiger partial charge on any atom is -0.366 e. The van der Waals surface area contributed by atoms with E-state index in [9.17, 15) is 9.59 Å². The number of nitrogens with two attached hydrogens (primary N) is 2. The molecule has 8 nitrogen and oxygen atoms in total. The molecule has 0 aromatic rings. The first-order chi connectivity index (χ1) is 10.6. The maximum atomic E-state index is 11.3. The summed E-state index contributed by atoms with van der Waals surface area (Å²) in [6.07, 6.45) is 6.53. The predicted octanol–water partition coefficient (Wildman–Crippen LogP) is -0.823. The Morgan fingerprint density at radius 1 is 0.955 bits per heavy atom. The van der Waals surface area contributed by atoms with Gasteiger partial charge in [-0.2, -0.15) is 11.0 Å². The standard InChI is InChI=1S/C14H22N4O4/c15-13(19)9-5-7-21-17-11(9)3-1-2-4-12-10(14(16)20)6-8-22-18-12/h5-6,11-12,17-18H,1-4,7-8H2,(H2,15,19)(H2,16,20). The average Bonchev–Trinajstić information content (AvgIpc) is 2.52. The lowest BCUT2D eigenvalue weighted by Gasteiger charge is -2.25. The first-order valence-corrected chi connectivity index (χ1v) is 7.34. The monoisotopic (exact) mass is 310 g/mol. The highest BCUT2D eigenvalue weighted by Crippen LogP contribution is 2.18. The summed E-state index contributed by atoms with van der Waals surface area (Å²) in [7, 11) is 0. The van der Waals surface area contributed by atoms with Gasteiger partial charge in [0.1, 0.15) is 0 Å². The lowest BCUT2D eigenvalue weighted by Crippen LogP contribution is -2.40. The van der Waals surface area contributed by atoms with Crippen molar-refractivity contribution in [1.82, 2.24) is 11.0 Å². The normalized spacial score (nSPS) is 25.3. The molecule has 0 bridgehead atoms. The summed E-state index contributed by atoms with van der Waals surface area (Å²) in [5.74, 6) is -0.857. The van der Waals surface area contributed by atoms with E-state index in [-0.39, 0.29) is 12.1 Å². The first kappa shape index (κ1) is 16.6. The smallest absolute Gasteiger partial charge is 0.246 e. The lowest BCUT2D eigenvalue weighted by molar-refractivity contribution is -0.116. The number of carbonyl (C=O) groups excluding carboxylic acids is 2. The molecule has 2 unspecified atom stereocenters. The van der Waals surface area contributed by atoms with Gasteiger partial charge in [0.25, 0.3) is 0 Å².